The van der Waals surface area contributed by atoms with Crippen molar-refractivity contribution in [2.24, 2.45) is 11.7 Å². The molecule has 28 nitrogen and oxygen atoms in total. The van der Waals surface area contributed by atoms with Crippen LogP contribution in [0, 0.1) is 5.92 Å². The van der Waals surface area contributed by atoms with Gasteiger partial charge in [0.2, 0.25) is 70.9 Å². The maximum absolute atomic E-state index is 15.0. The molecule has 0 spiro atoms. The topological polar surface area (TPSA) is 406 Å². The number of nitrogens with one attached hydrogen (secondary N) is 7. The molecule has 1 aliphatic rings. The van der Waals surface area contributed by atoms with Gasteiger partial charge in [-0.2, -0.15) is 0 Å². The van der Waals surface area contributed by atoms with Crippen LogP contribution in [-0.2, 0) is 88.0 Å². The number of likely N-dealkylation sites (N-methyl/N-ethyl adjacent to an activating group) is 4. The molecule has 12 amide bonds. The second-order valence-electron chi connectivity index (χ2n) is 23.3. The van der Waals surface area contributed by atoms with Gasteiger partial charge in [0, 0.05) is 66.0 Å². The largest absolute Gasteiger partial charge is 0.508 e. The second kappa shape index (κ2) is 36.4. The number of nitrogens with two attached hydrogens (primary N) is 1. The lowest BCUT2D eigenvalue weighted by Crippen LogP contribution is -2.61. The standard InChI is InChI=1S/C65H84N12O16S/c1-38(2)56-61(89)70-45(27-28-55(84)85)62(90)74(4)34-52(81)69-47(30-43-23-25-44(79)26-24-43)63(91)77(7)50(32-42-21-15-10-16-22-42)64(92)75(5)35-53(82)72-57(39(3)78)65(93)76(6)49(31-41-19-13-9-14-20-41)60(88)71-48(58(86)67-33-51(66)80)36-94-37-54(83)68-46(59(87)73-56)29-40-17-11-8-12-18-40/h8-26,38-39,45-50,56-57,78-79H,27-37H2,1-7H3,(H2,66,80)(H,67,86)(H,68,83)(H,69,81)(H,70,89)(H,71,88)(H,72,82)(H,73,87)(H,84,85)/t39-,45+,46+,47+,48+,49+,50+,56?,57+/m1/s1. The molecular weight excluding hydrogens is 1240 g/mol. The van der Waals surface area contributed by atoms with Gasteiger partial charge in [0.25, 0.3) is 0 Å². The van der Waals surface area contributed by atoms with Crippen molar-refractivity contribution < 1.29 is 77.6 Å². The highest BCUT2D eigenvalue weighted by Gasteiger charge is 2.40. The van der Waals surface area contributed by atoms with E-state index in [2.05, 4.69) is 37.2 Å². The van der Waals surface area contributed by atoms with E-state index in [1.165, 1.54) is 59.4 Å². The van der Waals surface area contributed by atoms with Crippen molar-refractivity contribution in [1.82, 2.24) is 56.8 Å². The third kappa shape index (κ3) is 23.3. The summed E-state index contributed by atoms with van der Waals surface area (Å²) in [7, 11) is 4.99. The van der Waals surface area contributed by atoms with Gasteiger partial charge in [0.15, 0.2) is 0 Å². The van der Waals surface area contributed by atoms with Crippen LogP contribution in [0.1, 0.15) is 55.9 Å². The summed E-state index contributed by atoms with van der Waals surface area (Å²) in [5, 5.41) is 49.0. The number of thioether (sulfide) groups is 1. The molecule has 12 N–H and O–H groups in total. The van der Waals surface area contributed by atoms with E-state index < -0.39 is 175 Å². The normalized spacial score (nSPS) is 22.4. The summed E-state index contributed by atoms with van der Waals surface area (Å²) < 4.78 is 0. The average Bonchev–Trinajstić information content (AvgIpc) is 0.871. The summed E-state index contributed by atoms with van der Waals surface area (Å²) in [5.74, 6) is -13.8. The molecule has 9 atom stereocenters. The van der Waals surface area contributed by atoms with Crippen LogP contribution in [-0.4, -0.2) is 226 Å². The third-order valence-electron chi connectivity index (χ3n) is 15.4. The van der Waals surface area contributed by atoms with E-state index in [9.17, 15) is 77.6 Å². The number of aliphatic hydroxyl groups is 1. The smallest absolute Gasteiger partial charge is 0.303 e. The van der Waals surface area contributed by atoms with Crippen LogP contribution in [0.15, 0.2) is 115 Å². The fraction of sp³-hybridized carbons (Fsp3) is 0.431. The van der Waals surface area contributed by atoms with Crippen LogP contribution in [0.3, 0.4) is 0 Å². The second-order valence-corrected chi connectivity index (χ2v) is 24.3. The molecule has 1 unspecified atom stereocenters. The molecule has 4 aromatic rings. The first-order valence-corrected chi connectivity index (χ1v) is 31.4. The highest BCUT2D eigenvalue weighted by molar-refractivity contribution is 8.00. The fourth-order valence-corrected chi connectivity index (χ4v) is 11.0. The maximum Gasteiger partial charge on any atom is 0.303 e. The van der Waals surface area contributed by atoms with Crippen molar-refractivity contribution in [3.05, 3.63) is 138 Å². The van der Waals surface area contributed by atoms with E-state index in [0.29, 0.717) is 22.3 Å². The third-order valence-corrected chi connectivity index (χ3v) is 16.4. The van der Waals surface area contributed by atoms with Crippen LogP contribution >= 0.6 is 11.8 Å². The van der Waals surface area contributed by atoms with Crippen molar-refractivity contribution in [3.63, 3.8) is 0 Å². The highest BCUT2D eigenvalue weighted by Crippen LogP contribution is 2.19. The van der Waals surface area contributed by atoms with Gasteiger partial charge in [-0.3, -0.25) is 62.3 Å². The van der Waals surface area contributed by atoms with Crippen molar-refractivity contribution in [2.45, 2.75) is 114 Å². The van der Waals surface area contributed by atoms with Crippen molar-refractivity contribution in [2.75, 3.05) is 59.3 Å². The molecule has 29 heteroatoms. The Labute approximate surface area is 548 Å². The summed E-state index contributed by atoms with van der Waals surface area (Å²) in [6, 6.07) is 18.9. The average molecular weight is 1320 g/mol. The molecule has 94 heavy (non-hydrogen) atoms. The van der Waals surface area contributed by atoms with Gasteiger partial charge in [-0.15, -0.1) is 11.8 Å². The molecule has 0 bridgehead atoms. The molecule has 1 heterocycles. The van der Waals surface area contributed by atoms with Gasteiger partial charge in [0.1, 0.15) is 54.1 Å². The summed E-state index contributed by atoms with van der Waals surface area (Å²) in [6.07, 6.45) is -3.47. The zero-order chi connectivity index (χ0) is 69.3. The minimum atomic E-state index is -1.77. The number of nitrogens with zero attached hydrogens (tertiary/aromatic N) is 4. The number of hydrogen-bond acceptors (Lipinski definition) is 16. The Morgan fingerprint density at radius 3 is 1.56 bits per heavy atom. The number of phenols is 1. The van der Waals surface area contributed by atoms with Gasteiger partial charge < -0.3 is 77.9 Å². The molecule has 5 rings (SSSR count). The highest BCUT2D eigenvalue weighted by atomic mass is 32.2. The van der Waals surface area contributed by atoms with E-state index in [-0.39, 0.29) is 37.2 Å². The number of carbonyl (C=O) groups excluding carboxylic acids is 12. The van der Waals surface area contributed by atoms with Gasteiger partial charge in [-0.1, -0.05) is 117 Å². The van der Waals surface area contributed by atoms with E-state index in [1.807, 2.05) is 0 Å². The minimum absolute atomic E-state index is 0.113. The van der Waals surface area contributed by atoms with E-state index in [0.717, 1.165) is 31.4 Å². The van der Waals surface area contributed by atoms with Crippen LogP contribution in [0.4, 0.5) is 0 Å². The van der Waals surface area contributed by atoms with Gasteiger partial charge in [-0.05, 0) is 53.6 Å². The Kier molecular flexibility index (Phi) is 29.0. The van der Waals surface area contributed by atoms with Crippen LogP contribution in [0.25, 0.3) is 0 Å². The number of benzene rings is 4. The van der Waals surface area contributed by atoms with Gasteiger partial charge in [0.05, 0.1) is 31.5 Å². The summed E-state index contributed by atoms with van der Waals surface area (Å²) in [4.78, 5) is 186. The number of aliphatic hydroxyl groups excluding tert-OH is 1. The van der Waals surface area contributed by atoms with Crippen molar-refractivity contribution >= 4 is 88.6 Å². The first kappa shape index (κ1) is 74.8. The maximum atomic E-state index is 15.0. The molecule has 1 aliphatic heterocycles. The molecule has 0 radical (unpaired) electrons. The number of carboxylic acid groups (broad SMARTS) is 1. The molecule has 1 fully saturated rings. The molecule has 0 saturated carbocycles. The summed E-state index contributed by atoms with van der Waals surface area (Å²) >= 11 is 0.823. The number of amides is 12. The Balaban J connectivity index is 1.60. The quantitative estimate of drug-likeness (QED) is 0.0601. The SMILES string of the molecule is CC(C)C1NC(=O)[C@H](Cc2ccccc2)NC(=O)CSC[C@@H](C(=O)NCC(N)=O)NC(=O)[C@H](Cc2ccccc2)N(C)C(=O)[C@H]([C@@H](C)O)NC(=O)CN(C)C(=O)[C@H](Cc2ccccc2)N(C)C(=O)[C@H](Cc2ccc(O)cc2)NC(=O)CN(C)C(=O)[C@H](CCC(=O)O)NC1=O. The number of aromatic hydroxyl groups is 1. The number of carboxylic acids is 1. The number of rotatable bonds is 16. The lowest BCUT2D eigenvalue weighted by atomic mass is 10.00. The predicted octanol–water partition coefficient (Wildman–Crippen LogP) is -1.61. The Hall–Kier alpha value is -9.90. The van der Waals surface area contributed by atoms with Crippen LogP contribution < -0.4 is 43.0 Å². The lowest BCUT2D eigenvalue weighted by molar-refractivity contribution is -0.147. The summed E-state index contributed by atoms with van der Waals surface area (Å²) in [5.41, 5.74) is 7.45. The van der Waals surface area contributed by atoms with Crippen molar-refractivity contribution in [1.29, 1.82) is 0 Å². The monoisotopic (exact) mass is 1320 g/mol. The molecule has 0 aliphatic carbocycles. The molecule has 4 aromatic carbocycles. The molecule has 1 saturated heterocycles. The number of hydrogen-bond donors (Lipinski definition) is 11. The zero-order valence-corrected chi connectivity index (χ0v) is 54.3. The number of phenolic OH excluding ortho intramolecular Hbond substituents is 1. The van der Waals surface area contributed by atoms with E-state index >= 15 is 0 Å². The molecule has 506 valence electrons. The zero-order valence-electron chi connectivity index (χ0n) is 53.4. The Bertz CT molecular complexity index is 3310. The summed E-state index contributed by atoms with van der Waals surface area (Å²) in [6.45, 7) is 2.17. The van der Waals surface area contributed by atoms with Gasteiger partial charge in [-0.25, -0.2) is 0 Å². The minimum Gasteiger partial charge on any atom is -0.508 e. The van der Waals surface area contributed by atoms with Crippen LogP contribution in [0.5, 0.6) is 5.75 Å². The van der Waals surface area contributed by atoms with Crippen molar-refractivity contribution in [3.8, 4) is 5.75 Å². The predicted molar refractivity (Wildman–Crippen MR) is 345 cm³/mol. The van der Waals surface area contributed by atoms with Gasteiger partial charge >= 0.3 is 5.97 Å². The number of aliphatic carboxylic acids is 1. The fourth-order valence-electron chi connectivity index (χ4n) is 10.2. The lowest BCUT2D eigenvalue weighted by Gasteiger charge is -2.34. The molecule has 0 aromatic heterocycles. The number of carbonyl (C=O) groups is 13. The molecular formula is C65H84N12O16S. The first-order chi connectivity index (χ1) is 44.5. The van der Waals surface area contributed by atoms with E-state index in [4.69, 9.17) is 5.73 Å². The van der Waals surface area contributed by atoms with E-state index in [1.54, 1.807) is 105 Å². The number of primary amides is 1. The Morgan fingerprint density at radius 2 is 1.03 bits per heavy atom. The Morgan fingerprint density at radius 1 is 0.543 bits per heavy atom. The first-order valence-electron chi connectivity index (χ1n) is 30.3. The van der Waals surface area contributed by atoms with Crippen LogP contribution in [0.2, 0.25) is 0 Å².